The minimum absolute atomic E-state index is 1.05. The van der Waals surface area contributed by atoms with E-state index in [9.17, 15) is 0 Å². The summed E-state index contributed by atoms with van der Waals surface area (Å²) >= 11 is 0. The van der Waals surface area contributed by atoms with Gasteiger partial charge < -0.3 is 13.6 Å². The lowest BCUT2D eigenvalue weighted by atomic mass is 10.2. The lowest BCUT2D eigenvalue weighted by Crippen LogP contribution is -1.81. The van der Waals surface area contributed by atoms with Gasteiger partial charge in [0.05, 0.1) is 0 Å². The molecule has 14 heavy (non-hydrogen) atoms. The number of hydrogen-bond donors (Lipinski definition) is 0. The fourth-order valence-corrected chi connectivity index (χ4v) is 1.21. The van der Waals surface area contributed by atoms with E-state index in [2.05, 4.69) is 32.6 Å². The van der Waals surface area contributed by atoms with Crippen LogP contribution in [0.4, 0.5) is 0 Å². The second-order valence-electron chi connectivity index (χ2n) is 2.43. The number of hydrogen-bond acceptors (Lipinski definition) is 3. The zero-order valence-corrected chi connectivity index (χ0v) is 9.95. The van der Waals surface area contributed by atoms with Gasteiger partial charge in [0.15, 0.2) is 0 Å². The first kappa shape index (κ1) is 13.5. The molecule has 0 N–H and O–H groups in total. The maximum Gasteiger partial charge on any atom is 0.331 e. The molecule has 0 heterocycles. The molecule has 3 nitrogen and oxygen atoms in total. The van der Waals surface area contributed by atoms with Gasteiger partial charge >= 0.3 is 8.60 Å². The molecule has 0 amide bonds. The molecule has 0 aliphatic heterocycles. The maximum absolute atomic E-state index is 4.67. The highest BCUT2D eigenvalue weighted by Crippen LogP contribution is 2.35. The van der Waals surface area contributed by atoms with Gasteiger partial charge in [-0.15, -0.1) is 0 Å². The van der Waals surface area contributed by atoms with Gasteiger partial charge in [-0.1, -0.05) is 35.9 Å². The van der Waals surface area contributed by atoms with Crippen molar-refractivity contribution in [3.05, 3.63) is 35.9 Å². The smallest absolute Gasteiger partial charge is 0.316 e. The van der Waals surface area contributed by atoms with Crippen LogP contribution in [0.2, 0.25) is 0 Å². The Morgan fingerprint density at radius 1 is 0.857 bits per heavy atom. The summed E-state index contributed by atoms with van der Waals surface area (Å²) in [4.78, 5) is 0. The van der Waals surface area contributed by atoms with E-state index in [-0.39, 0.29) is 0 Å². The molecule has 0 aliphatic carbocycles. The van der Waals surface area contributed by atoms with Crippen LogP contribution < -0.4 is 0 Å². The third kappa shape index (κ3) is 6.98. The van der Waals surface area contributed by atoms with E-state index in [4.69, 9.17) is 0 Å². The minimum atomic E-state index is -1.05. The van der Waals surface area contributed by atoms with E-state index in [0.717, 1.165) is 0 Å². The average molecular weight is 216 g/mol. The molecule has 0 saturated heterocycles. The van der Waals surface area contributed by atoms with Crippen molar-refractivity contribution in [1.29, 1.82) is 0 Å². The van der Waals surface area contributed by atoms with Crippen molar-refractivity contribution in [2.45, 2.75) is 6.92 Å². The second kappa shape index (κ2) is 9.10. The van der Waals surface area contributed by atoms with Gasteiger partial charge in [0.2, 0.25) is 0 Å². The molecule has 0 unspecified atom stereocenters. The Hall–Kier alpha value is -0.470. The Labute approximate surface area is 87.0 Å². The first-order valence-electron chi connectivity index (χ1n) is 4.18. The normalized spacial score (nSPS) is 9.50. The predicted molar refractivity (Wildman–Crippen MR) is 59.1 cm³/mol. The van der Waals surface area contributed by atoms with Crippen LogP contribution in [0.3, 0.4) is 0 Å². The molecule has 0 saturated carbocycles. The topological polar surface area (TPSA) is 27.7 Å². The number of rotatable bonds is 3. The van der Waals surface area contributed by atoms with E-state index < -0.39 is 8.60 Å². The van der Waals surface area contributed by atoms with Crippen molar-refractivity contribution in [2.75, 3.05) is 21.3 Å². The van der Waals surface area contributed by atoms with Crippen LogP contribution in [-0.2, 0) is 13.6 Å². The summed E-state index contributed by atoms with van der Waals surface area (Å²) in [6, 6.07) is 10.3. The first-order chi connectivity index (χ1) is 6.74. The van der Waals surface area contributed by atoms with Gasteiger partial charge in [0.1, 0.15) is 0 Å². The Kier molecular flexibility index (Phi) is 8.79. The van der Waals surface area contributed by atoms with Gasteiger partial charge in [-0.2, -0.15) is 0 Å². The van der Waals surface area contributed by atoms with Crippen molar-refractivity contribution in [3.63, 3.8) is 0 Å². The molecule has 4 heteroatoms. The minimum Gasteiger partial charge on any atom is -0.316 e. The molecule has 80 valence electrons. The van der Waals surface area contributed by atoms with E-state index >= 15 is 0 Å². The van der Waals surface area contributed by atoms with Crippen molar-refractivity contribution in [2.24, 2.45) is 0 Å². The van der Waals surface area contributed by atoms with E-state index in [1.807, 2.05) is 18.2 Å². The molecule has 1 aromatic rings. The van der Waals surface area contributed by atoms with Gasteiger partial charge in [-0.05, 0) is 6.92 Å². The highest BCUT2D eigenvalue weighted by atomic mass is 31.2. The number of benzene rings is 1. The fraction of sp³-hybridized carbons (Fsp3) is 0.400. The van der Waals surface area contributed by atoms with E-state index in [0.29, 0.717) is 0 Å². The third-order valence-electron chi connectivity index (χ3n) is 1.39. The van der Waals surface area contributed by atoms with Crippen LogP contribution in [0.15, 0.2) is 30.3 Å². The van der Waals surface area contributed by atoms with Crippen LogP contribution in [0.5, 0.6) is 0 Å². The SMILES string of the molecule is COP(OC)OC.Cc1ccccc1. The summed E-state index contributed by atoms with van der Waals surface area (Å²) in [6.45, 7) is 2.08. The molecular weight excluding hydrogens is 199 g/mol. The summed E-state index contributed by atoms with van der Waals surface area (Å²) in [7, 11) is 3.57. The summed E-state index contributed by atoms with van der Waals surface area (Å²) in [5.74, 6) is 0. The molecule has 0 radical (unpaired) electrons. The maximum atomic E-state index is 4.67. The average Bonchev–Trinajstić information content (AvgIpc) is 2.22. The van der Waals surface area contributed by atoms with Crippen LogP contribution in [0.25, 0.3) is 0 Å². The fourth-order valence-electron chi connectivity index (χ4n) is 0.758. The molecule has 0 fully saturated rings. The van der Waals surface area contributed by atoms with Crippen molar-refractivity contribution in [3.8, 4) is 0 Å². The van der Waals surface area contributed by atoms with Gasteiger partial charge in [0.25, 0.3) is 0 Å². The zero-order chi connectivity index (χ0) is 10.8. The monoisotopic (exact) mass is 216 g/mol. The van der Waals surface area contributed by atoms with Crippen molar-refractivity contribution >= 4 is 8.60 Å². The molecule has 1 aromatic carbocycles. The highest BCUT2D eigenvalue weighted by Gasteiger charge is 2.00. The quantitative estimate of drug-likeness (QED) is 0.726. The van der Waals surface area contributed by atoms with Gasteiger partial charge in [0, 0.05) is 21.3 Å². The highest BCUT2D eigenvalue weighted by molar-refractivity contribution is 7.41. The predicted octanol–water partition coefficient (Wildman–Crippen LogP) is 3.15. The molecule has 0 bridgehead atoms. The van der Waals surface area contributed by atoms with Crippen molar-refractivity contribution in [1.82, 2.24) is 0 Å². The molecule has 1 rings (SSSR count). The molecule has 0 spiro atoms. The van der Waals surface area contributed by atoms with Crippen LogP contribution in [0.1, 0.15) is 5.56 Å². The largest absolute Gasteiger partial charge is 0.331 e. The Balaban J connectivity index is 0.000000241. The molecular formula is C10H17O3P. The Bertz CT molecular complexity index is 206. The Morgan fingerprint density at radius 2 is 1.29 bits per heavy atom. The summed E-state index contributed by atoms with van der Waals surface area (Å²) in [6.07, 6.45) is 0. The summed E-state index contributed by atoms with van der Waals surface area (Å²) in [5, 5.41) is 0. The van der Waals surface area contributed by atoms with Crippen molar-refractivity contribution < 1.29 is 13.6 Å². The molecule has 0 aromatic heterocycles. The third-order valence-corrected chi connectivity index (χ3v) is 2.28. The van der Waals surface area contributed by atoms with Crippen LogP contribution in [-0.4, -0.2) is 21.3 Å². The summed E-state index contributed by atoms with van der Waals surface area (Å²) in [5.41, 5.74) is 1.32. The second-order valence-corrected chi connectivity index (χ2v) is 3.97. The zero-order valence-electron chi connectivity index (χ0n) is 9.06. The van der Waals surface area contributed by atoms with Crippen LogP contribution in [0, 0.1) is 6.92 Å². The number of aryl methyl sites for hydroxylation is 1. The van der Waals surface area contributed by atoms with E-state index in [1.54, 1.807) is 21.3 Å². The van der Waals surface area contributed by atoms with Gasteiger partial charge in [-0.25, -0.2) is 0 Å². The standard InChI is InChI=1S/C7H8.C3H9O3P/c1-7-5-3-2-4-6-7;1-4-7(5-2)6-3/h2-6H,1H3;1-3H3. The first-order valence-corrected chi connectivity index (χ1v) is 5.28. The lowest BCUT2D eigenvalue weighted by Gasteiger charge is -2.05. The molecule has 0 aliphatic rings. The lowest BCUT2D eigenvalue weighted by molar-refractivity contribution is 0.239. The van der Waals surface area contributed by atoms with Gasteiger partial charge in [-0.3, -0.25) is 0 Å². The van der Waals surface area contributed by atoms with E-state index in [1.165, 1.54) is 5.56 Å². The summed E-state index contributed by atoms with van der Waals surface area (Å²) < 4.78 is 14.0. The molecule has 0 atom stereocenters. The Morgan fingerprint density at radius 3 is 1.43 bits per heavy atom. The van der Waals surface area contributed by atoms with Crippen LogP contribution >= 0.6 is 8.60 Å².